The summed E-state index contributed by atoms with van der Waals surface area (Å²) in [5, 5.41) is 5.39. The predicted molar refractivity (Wildman–Crippen MR) is 122 cm³/mol. The SMILES string of the molecule is COc1ccc2cc(CNC(=O)C3(c4ccccc4)CCN(C(C)=O)CC3)ccc2c1. The summed E-state index contributed by atoms with van der Waals surface area (Å²) in [6.07, 6.45) is 1.25. The number of nitrogens with zero attached hydrogens (tertiary/aromatic N) is 1. The summed E-state index contributed by atoms with van der Waals surface area (Å²) in [5.74, 6) is 0.918. The number of hydrogen-bond donors (Lipinski definition) is 1. The van der Waals surface area contributed by atoms with Crippen LogP contribution in [0.25, 0.3) is 10.8 Å². The van der Waals surface area contributed by atoms with Crippen LogP contribution >= 0.6 is 0 Å². The van der Waals surface area contributed by atoms with Crippen molar-refractivity contribution in [1.82, 2.24) is 10.2 Å². The van der Waals surface area contributed by atoms with Gasteiger partial charge in [0.1, 0.15) is 5.75 Å². The molecule has 1 fully saturated rings. The molecule has 0 radical (unpaired) electrons. The number of hydrogen-bond acceptors (Lipinski definition) is 3. The second-order valence-corrected chi connectivity index (χ2v) is 8.18. The second-order valence-electron chi connectivity index (χ2n) is 8.18. The summed E-state index contributed by atoms with van der Waals surface area (Å²) < 4.78 is 5.29. The summed E-state index contributed by atoms with van der Waals surface area (Å²) in [7, 11) is 1.66. The van der Waals surface area contributed by atoms with Gasteiger partial charge >= 0.3 is 0 Å². The first kappa shape index (κ1) is 20.9. The summed E-state index contributed by atoms with van der Waals surface area (Å²) in [6, 6.07) is 22.1. The molecule has 31 heavy (non-hydrogen) atoms. The average Bonchev–Trinajstić information content (AvgIpc) is 2.82. The predicted octanol–water partition coefficient (Wildman–Crippen LogP) is 4.04. The second kappa shape index (κ2) is 8.80. The average molecular weight is 417 g/mol. The quantitative estimate of drug-likeness (QED) is 0.683. The van der Waals surface area contributed by atoms with Gasteiger partial charge in [0.05, 0.1) is 12.5 Å². The number of ether oxygens (including phenoxy) is 1. The number of carbonyl (C=O) groups is 2. The van der Waals surface area contributed by atoms with Crippen molar-refractivity contribution in [2.75, 3.05) is 20.2 Å². The van der Waals surface area contributed by atoms with Gasteiger partial charge in [-0.05, 0) is 52.9 Å². The third-order valence-corrected chi connectivity index (χ3v) is 6.39. The largest absolute Gasteiger partial charge is 0.497 e. The summed E-state index contributed by atoms with van der Waals surface area (Å²) in [6.45, 7) is 3.24. The number of nitrogens with one attached hydrogen (secondary N) is 1. The van der Waals surface area contributed by atoms with Crippen LogP contribution in [0, 0.1) is 0 Å². The number of amides is 2. The van der Waals surface area contributed by atoms with Crippen molar-refractivity contribution in [3.63, 3.8) is 0 Å². The van der Waals surface area contributed by atoms with Crippen LogP contribution in [0.15, 0.2) is 66.7 Å². The molecule has 0 aromatic heterocycles. The zero-order valence-electron chi connectivity index (χ0n) is 18.1. The number of benzene rings is 3. The summed E-state index contributed by atoms with van der Waals surface area (Å²) in [4.78, 5) is 27.1. The van der Waals surface area contributed by atoms with Gasteiger partial charge in [-0.25, -0.2) is 0 Å². The Bertz CT molecular complexity index is 1090. The van der Waals surface area contributed by atoms with Crippen LogP contribution < -0.4 is 10.1 Å². The van der Waals surface area contributed by atoms with Crippen molar-refractivity contribution in [2.45, 2.75) is 31.7 Å². The highest BCUT2D eigenvalue weighted by atomic mass is 16.5. The first-order valence-electron chi connectivity index (χ1n) is 10.7. The Hall–Kier alpha value is -3.34. The van der Waals surface area contributed by atoms with Gasteiger partial charge < -0.3 is 15.0 Å². The molecule has 5 nitrogen and oxygen atoms in total. The Morgan fingerprint density at radius 3 is 2.32 bits per heavy atom. The van der Waals surface area contributed by atoms with Crippen LogP contribution in [-0.4, -0.2) is 36.9 Å². The van der Waals surface area contributed by atoms with Crippen LogP contribution in [0.4, 0.5) is 0 Å². The van der Waals surface area contributed by atoms with E-state index in [0.29, 0.717) is 32.5 Å². The minimum atomic E-state index is -0.614. The molecular formula is C26H28N2O3. The van der Waals surface area contributed by atoms with Gasteiger partial charge in [0.15, 0.2) is 0 Å². The summed E-state index contributed by atoms with van der Waals surface area (Å²) in [5.41, 5.74) is 1.45. The highest BCUT2D eigenvalue weighted by Crippen LogP contribution is 2.36. The van der Waals surface area contributed by atoms with E-state index in [1.54, 1.807) is 14.0 Å². The molecule has 1 aliphatic rings. The highest BCUT2D eigenvalue weighted by molar-refractivity contribution is 5.89. The number of carbonyl (C=O) groups excluding carboxylic acids is 2. The fraction of sp³-hybridized carbons (Fsp3) is 0.308. The third-order valence-electron chi connectivity index (χ3n) is 6.39. The smallest absolute Gasteiger partial charge is 0.231 e. The molecule has 0 atom stereocenters. The van der Waals surface area contributed by atoms with E-state index < -0.39 is 5.41 Å². The molecule has 1 N–H and O–H groups in total. The Balaban J connectivity index is 1.53. The topological polar surface area (TPSA) is 58.6 Å². The number of likely N-dealkylation sites (tertiary alicyclic amines) is 1. The molecule has 2 amide bonds. The van der Waals surface area contributed by atoms with E-state index in [9.17, 15) is 9.59 Å². The Morgan fingerprint density at radius 1 is 0.968 bits per heavy atom. The van der Waals surface area contributed by atoms with Gasteiger partial charge in [0, 0.05) is 26.6 Å². The lowest BCUT2D eigenvalue weighted by molar-refractivity contribution is -0.135. The van der Waals surface area contributed by atoms with Crippen LogP contribution in [0.2, 0.25) is 0 Å². The van der Waals surface area contributed by atoms with Crippen LogP contribution in [0.5, 0.6) is 5.75 Å². The minimum absolute atomic E-state index is 0.0247. The maximum Gasteiger partial charge on any atom is 0.231 e. The van der Waals surface area contributed by atoms with Gasteiger partial charge in [-0.15, -0.1) is 0 Å². The minimum Gasteiger partial charge on any atom is -0.497 e. The van der Waals surface area contributed by atoms with Crippen LogP contribution in [0.1, 0.15) is 30.9 Å². The van der Waals surface area contributed by atoms with E-state index in [0.717, 1.165) is 27.6 Å². The van der Waals surface area contributed by atoms with Crippen molar-refractivity contribution in [1.29, 1.82) is 0 Å². The van der Waals surface area contributed by atoms with Crippen molar-refractivity contribution in [2.24, 2.45) is 0 Å². The number of fused-ring (bicyclic) bond motifs is 1. The van der Waals surface area contributed by atoms with Crippen LogP contribution in [0.3, 0.4) is 0 Å². The molecule has 0 saturated carbocycles. The molecule has 1 aliphatic heterocycles. The monoisotopic (exact) mass is 416 g/mol. The molecule has 0 spiro atoms. The molecule has 0 aliphatic carbocycles. The van der Waals surface area contributed by atoms with Crippen molar-refractivity contribution in [3.05, 3.63) is 77.9 Å². The lowest BCUT2D eigenvalue weighted by atomic mass is 9.72. The van der Waals surface area contributed by atoms with Gasteiger partial charge in [0.2, 0.25) is 11.8 Å². The number of rotatable bonds is 5. The van der Waals surface area contributed by atoms with E-state index >= 15 is 0 Å². The Kier molecular flexibility index (Phi) is 5.94. The summed E-state index contributed by atoms with van der Waals surface area (Å²) >= 11 is 0. The molecule has 0 unspecified atom stereocenters. The Labute approximate surface area is 183 Å². The fourth-order valence-corrected chi connectivity index (χ4v) is 4.47. The zero-order valence-corrected chi connectivity index (χ0v) is 18.1. The highest BCUT2D eigenvalue weighted by Gasteiger charge is 2.43. The van der Waals surface area contributed by atoms with E-state index in [1.165, 1.54) is 0 Å². The first-order valence-corrected chi connectivity index (χ1v) is 10.7. The van der Waals surface area contributed by atoms with Gasteiger partial charge in [-0.2, -0.15) is 0 Å². The van der Waals surface area contributed by atoms with Gasteiger partial charge in [-0.1, -0.05) is 48.5 Å². The maximum absolute atomic E-state index is 13.5. The standard InChI is InChI=1S/C26H28N2O3/c1-19(29)28-14-12-26(13-15-28,23-6-4-3-5-7-23)25(30)27-18-20-8-9-22-17-24(31-2)11-10-21(22)16-20/h3-11,16-17H,12-15,18H2,1-2H3,(H,27,30). The first-order chi connectivity index (χ1) is 15.0. The van der Waals surface area contributed by atoms with Gasteiger partial charge in [-0.3, -0.25) is 9.59 Å². The van der Waals surface area contributed by atoms with Gasteiger partial charge in [0.25, 0.3) is 0 Å². The molecule has 4 rings (SSSR count). The van der Waals surface area contributed by atoms with E-state index in [2.05, 4.69) is 17.4 Å². The molecule has 0 bridgehead atoms. The fourth-order valence-electron chi connectivity index (χ4n) is 4.47. The molecule has 3 aromatic carbocycles. The molecule has 1 saturated heterocycles. The number of piperidine rings is 1. The van der Waals surface area contributed by atoms with Crippen molar-refractivity contribution in [3.8, 4) is 5.75 Å². The molecule has 3 aromatic rings. The zero-order chi connectivity index (χ0) is 21.8. The number of methoxy groups -OCH3 is 1. The lowest BCUT2D eigenvalue weighted by Crippen LogP contribution is -2.52. The maximum atomic E-state index is 13.5. The Morgan fingerprint density at radius 2 is 1.65 bits per heavy atom. The van der Waals surface area contributed by atoms with E-state index in [1.807, 2.05) is 59.5 Å². The normalized spacial score (nSPS) is 15.5. The molecule has 160 valence electrons. The molecule has 5 heteroatoms. The van der Waals surface area contributed by atoms with E-state index in [-0.39, 0.29) is 11.8 Å². The third kappa shape index (κ3) is 4.26. The van der Waals surface area contributed by atoms with E-state index in [4.69, 9.17) is 4.74 Å². The van der Waals surface area contributed by atoms with Crippen molar-refractivity contribution >= 4 is 22.6 Å². The molecule has 1 heterocycles. The molecular weight excluding hydrogens is 388 g/mol. The lowest BCUT2D eigenvalue weighted by Gasteiger charge is -2.40. The van der Waals surface area contributed by atoms with Crippen molar-refractivity contribution < 1.29 is 14.3 Å². The van der Waals surface area contributed by atoms with Crippen LogP contribution in [-0.2, 0) is 21.5 Å².